The summed E-state index contributed by atoms with van der Waals surface area (Å²) in [6.45, 7) is 4.13. The minimum Gasteiger partial charge on any atom is -0.207 e. The highest BCUT2D eigenvalue weighted by atomic mass is 19.3. The predicted molar refractivity (Wildman–Crippen MR) is 46.3 cm³/mol. The third-order valence-corrected chi connectivity index (χ3v) is 2.44. The van der Waals surface area contributed by atoms with Crippen molar-refractivity contribution < 1.29 is 8.78 Å². The maximum absolute atomic E-state index is 12.9. The van der Waals surface area contributed by atoms with Crippen LogP contribution in [0.3, 0.4) is 0 Å². The van der Waals surface area contributed by atoms with Gasteiger partial charge in [0.2, 0.25) is 5.92 Å². The Morgan fingerprint density at radius 1 is 1.33 bits per heavy atom. The summed E-state index contributed by atoms with van der Waals surface area (Å²) in [5, 5.41) is 0. The van der Waals surface area contributed by atoms with Crippen molar-refractivity contribution in [1.29, 1.82) is 0 Å². The second-order valence-electron chi connectivity index (χ2n) is 3.83. The zero-order valence-electron chi connectivity index (χ0n) is 7.74. The number of hydrogen-bond acceptors (Lipinski definition) is 0. The number of halogens is 2. The van der Waals surface area contributed by atoms with Gasteiger partial charge in [0.05, 0.1) is 0 Å². The molecule has 0 N–H and O–H groups in total. The molecule has 0 aliphatic heterocycles. The van der Waals surface area contributed by atoms with E-state index in [9.17, 15) is 8.78 Å². The third kappa shape index (κ3) is 2.58. The molecular formula is C10H16F2. The molecule has 0 saturated carbocycles. The first kappa shape index (κ1) is 9.69. The van der Waals surface area contributed by atoms with Crippen LogP contribution in [0.25, 0.3) is 0 Å². The molecule has 0 amide bonds. The standard InChI is InChI=1S/C10H16F2/c1-8(2)9-4-3-6-10(11,12)7-5-9/h4,8H,3,5-7H2,1-2H3. The molecule has 0 spiro atoms. The smallest absolute Gasteiger partial charge is 0.207 e. The van der Waals surface area contributed by atoms with Gasteiger partial charge in [0, 0.05) is 12.8 Å². The van der Waals surface area contributed by atoms with Gasteiger partial charge in [-0.15, -0.1) is 0 Å². The Bertz CT molecular complexity index is 180. The van der Waals surface area contributed by atoms with Crippen molar-refractivity contribution in [2.75, 3.05) is 0 Å². The van der Waals surface area contributed by atoms with Gasteiger partial charge in [0.15, 0.2) is 0 Å². The van der Waals surface area contributed by atoms with Crippen LogP contribution in [-0.4, -0.2) is 5.92 Å². The van der Waals surface area contributed by atoms with Gasteiger partial charge in [-0.05, 0) is 18.8 Å². The fourth-order valence-corrected chi connectivity index (χ4v) is 1.55. The van der Waals surface area contributed by atoms with Crippen LogP contribution in [0.5, 0.6) is 0 Å². The zero-order valence-corrected chi connectivity index (χ0v) is 7.74. The van der Waals surface area contributed by atoms with Gasteiger partial charge in [-0.25, -0.2) is 8.78 Å². The molecule has 1 aliphatic rings. The van der Waals surface area contributed by atoms with Crippen molar-refractivity contribution >= 4 is 0 Å². The van der Waals surface area contributed by atoms with Crippen LogP contribution < -0.4 is 0 Å². The van der Waals surface area contributed by atoms with Crippen LogP contribution in [0.15, 0.2) is 11.6 Å². The molecule has 0 fully saturated rings. The van der Waals surface area contributed by atoms with E-state index in [-0.39, 0.29) is 12.8 Å². The molecule has 0 aromatic heterocycles. The van der Waals surface area contributed by atoms with Gasteiger partial charge in [-0.3, -0.25) is 0 Å². The number of alkyl halides is 2. The van der Waals surface area contributed by atoms with E-state index in [2.05, 4.69) is 13.8 Å². The lowest BCUT2D eigenvalue weighted by atomic mass is 9.98. The van der Waals surface area contributed by atoms with E-state index in [4.69, 9.17) is 0 Å². The van der Waals surface area contributed by atoms with Crippen molar-refractivity contribution in [3.8, 4) is 0 Å². The Labute approximate surface area is 72.7 Å². The Balaban J connectivity index is 2.56. The van der Waals surface area contributed by atoms with Crippen molar-refractivity contribution in [2.45, 2.75) is 45.5 Å². The van der Waals surface area contributed by atoms with Crippen molar-refractivity contribution in [3.63, 3.8) is 0 Å². The number of allylic oxidation sites excluding steroid dienone is 2. The molecule has 0 nitrogen and oxygen atoms in total. The molecule has 12 heavy (non-hydrogen) atoms. The van der Waals surface area contributed by atoms with Crippen molar-refractivity contribution in [2.24, 2.45) is 5.92 Å². The lowest BCUT2D eigenvalue weighted by Crippen LogP contribution is -2.13. The quantitative estimate of drug-likeness (QED) is 0.531. The monoisotopic (exact) mass is 174 g/mol. The minimum atomic E-state index is -2.42. The number of hydrogen-bond donors (Lipinski definition) is 0. The van der Waals surface area contributed by atoms with Crippen molar-refractivity contribution in [3.05, 3.63) is 11.6 Å². The van der Waals surface area contributed by atoms with Crippen LogP contribution in [0.2, 0.25) is 0 Å². The molecule has 0 aromatic rings. The zero-order chi connectivity index (χ0) is 9.19. The molecule has 0 unspecified atom stereocenters. The Hall–Kier alpha value is -0.400. The average molecular weight is 174 g/mol. The first-order valence-corrected chi connectivity index (χ1v) is 4.58. The molecule has 0 aromatic carbocycles. The molecule has 1 aliphatic carbocycles. The lowest BCUT2D eigenvalue weighted by Gasteiger charge is -2.13. The summed E-state index contributed by atoms with van der Waals surface area (Å²) in [6.07, 6.45) is 3.18. The second kappa shape index (κ2) is 3.55. The largest absolute Gasteiger partial charge is 0.248 e. The summed E-state index contributed by atoms with van der Waals surface area (Å²) in [5.74, 6) is -1.99. The Kier molecular flexibility index (Phi) is 2.86. The van der Waals surface area contributed by atoms with Crippen LogP contribution in [0.1, 0.15) is 39.5 Å². The van der Waals surface area contributed by atoms with Crippen LogP contribution in [-0.2, 0) is 0 Å². The van der Waals surface area contributed by atoms with Gasteiger partial charge < -0.3 is 0 Å². The number of rotatable bonds is 1. The average Bonchev–Trinajstić information content (AvgIpc) is 2.10. The van der Waals surface area contributed by atoms with Gasteiger partial charge in [-0.2, -0.15) is 0 Å². The van der Waals surface area contributed by atoms with Gasteiger partial charge >= 0.3 is 0 Å². The fraction of sp³-hybridized carbons (Fsp3) is 0.800. The molecule has 0 bridgehead atoms. The molecule has 0 heterocycles. The molecule has 0 saturated heterocycles. The van der Waals surface area contributed by atoms with Gasteiger partial charge in [-0.1, -0.05) is 25.5 Å². The van der Waals surface area contributed by atoms with E-state index >= 15 is 0 Å². The summed E-state index contributed by atoms with van der Waals surface area (Å²) in [7, 11) is 0. The normalized spacial score (nSPS) is 23.6. The molecule has 0 radical (unpaired) electrons. The summed E-state index contributed by atoms with van der Waals surface area (Å²) in [5.41, 5.74) is 1.20. The first-order chi connectivity index (χ1) is 5.51. The Morgan fingerprint density at radius 3 is 2.58 bits per heavy atom. The van der Waals surface area contributed by atoms with Crippen LogP contribution in [0, 0.1) is 5.92 Å². The highest BCUT2D eigenvalue weighted by Gasteiger charge is 2.29. The van der Waals surface area contributed by atoms with E-state index in [1.54, 1.807) is 0 Å². The highest BCUT2D eigenvalue weighted by Crippen LogP contribution is 2.33. The van der Waals surface area contributed by atoms with Gasteiger partial charge in [0.1, 0.15) is 0 Å². The molecule has 0 atom stereocenters. The lowest BCUT2D eigenvalue weighted by molar-refractivity contribution is -0.0130. The maximum Gasteiger partial charge on any atom is 0.248 e. The molecule has 1 rings (SSSR count). The summed E-state index contributed by atoms with van der Waals surface area (Å²) < 4.78 is 25.7. The van der Waals surface area contributed by atoms with E-state index < -0.39 is 5.92 Å². The topological polar surface area (TPSA) is 0 Å². The van der Waals surface area contributed by atoms with E-state index in [1.165, 1.54) is 5.57 Å². The van der Waals surface area contributed by atoms with E-state index in [0.29, 0.717) is 18.8 Å². The van der Waals surface area contributed by atoms with E-state index in [0.717, 1.165) is 0 Å². The SMILES string of the molecule is CC(C)C1=CCCC(F)(F)CC1. The maximum atomic E-state index is 12.9. The van der Waals surface area contributed by atoms with Crippen LogP contribution in [0.4, 0.5) is 8.78 Å². The van der Waals surface area contributed by atoms with Crippen molar-refractivity contribution in [1.82, 2.24) is 0 Å². The fourth-order valence-electron chi connectivity index (χ4n) is 1.55. The first-order valence-electron chi connectivity index (χ1n) is 4.58. The summed E-state index contributed by atoms with van der Waals surface area (Å²) in [4.78, 5) is 0. The minimum absolute atomic E-state index is 0.0310. The predicted octanol–water partition coefficient (Wildman–Crippen LogP) is 3.78. The molecule has 70 valence electrons. The Morgan fingerprint density at radius 2 is 2.00 bits per heavy atom. The van der Waals surface area contributed by atoms with E-state index in [1.807, 2.05) is 6.08 Å². The van der Waals surface area contributed by atoms with Gasteiger partial charge in [0.25, 0.3) is 0 Å². The molecule has 2 heteroatoms. The third-order valence-electron chi connectivity index (χ3n) is 2.44. The highest BCUT2D eigenvalue weighted by molar-refractivity contribution is 5.07. The summed E-state index contributed by atoms with van der Waals surface area (Å²) in [6, 6.07) is 0. The second-order valence-corrected chi connectivity index (χ2v) is 3.83. The van der Waals surface area contributed by atoms with Crippen LogP contribution >= 0.6 is 0 Å². The molecular weight excluding hydrogens is 158 g/mol. The summed E-state index contributed by atoms with van der Waals surface area (Å²) >= 11 is 0.